The van der Waals surface area contributed by atoms with Crippen LogP contribution in [-0.2, 0) is 0 Å². The van der Waals surface area contributed by atoms with Gasteiger partial charge >= 0.3 is 0 Å². The van der Waals surface area contributed by atoms with Gasteiger partial charge in [-0.25, -0.2) is 0 Å². The molecule has 0 rings (SSSR count). The maximum absolute atomic E-state index is 8.69. The van der Waals surface area contributed by atoms with E-state index in [4.69, 9.17) is 31.6 Å². The second-order valence-electron chi connectivity index (χ2n) is 2.17. The fraction of sp³-hybridized carbons (Fsp3) is 0. The number of nitriles is 6. The second-order valence-corrected chi connectivity index (χ2v) is 2.17. The van der Waals surface area contributed by atoms with Gasteiger partial charge in [-0.15, -0.1) is 0 Å². The van der Waals surface area contributed by atoms with Crippen LogP contribution in [0.2, 0.25) is 0 Å². The number of allylic oxidation sites excluding steroid dienone is 4. The zero-order chi connectivity index (χ0) is 12.6. The van der Waals surface area contributed by atoms with Crippen LogP contribution in [0.5, 0.6) is 0 Å². The Morgan fingerprint density at radius 1 is 0.438 bits per heavy atom. The van der Waals surface area contributed by atoms with Crippen LogP contribution in [0.15, 0.2) is 22.3 Å². The lowest BCUT2D eigenvalue weighted by molar-refractivity contribution is 1.36. The van der Waals surface area contributed by atoms with Crippen LogP contribution in [-0.4, -0.2) is 0 Å². The van der Waals surface area contributed by atoms with E-state index in [0.717, 1.165) is 0 Å². The van der Waals surface area contributed by atoms with E-state index in [1.165, 1.54) is 36.4 Å². The molecule has 0 aliphatic carbocycles. The van der Waals surface area contributed by atoms with E-state index in [-0.39, 0.29) is 0 Å². The minimum Gasteiger partial charge on any atom is -0.192 e. The molecule has 0 heterocycles. The number of nitrogens with zero attached hydrogens (tertiary/aromatic N) is 6. The van der Waals surface area contributed by atoms with E-state index >= 15 is 0 Å². The molecular weight excluding hydrogens is 204 g/mol. The third-order valence-electron chi connectivity index (χ3n) is 1.42. The normalized spacial score (nSPS) is 6.38. The summed E-state index contributed by atoms with van der Waals surface area (Å²) in [4.78, 5) is 0. The SMILES string of the molecule is N#CC(C#N)=C(C#N)C(C#N)=C(C#N)C#N. The van der Waals surface area contributed by atoms with Crippen molar-refractivity contribution in [1.29, 1.82) is 31.6 Å². The van der Waals surface area contributed by atoms with Crippen LogP contribution in [0.1, 0.15) is 0 Å². The van der Waals surface area contributed by atoms with Crippen molar-refractivity contribution in [2.45, 2.75) is 0 Å². The molecule has 0 atom stereocenters. The molecule has 0 aromatic carbocycles. The second kappa shape index (κ2) is 5.96. The zero-order valence-electron chi connectivity index (χ0n) is 7.68. The Kier molecular flexibility index (Phi) is 4.63. The maximum atomic E-state index is 8.69. The highest BCUT2D eigenvalue weighted by Gasteiger charge is 2.16. The summed E-state index contributed by atoms with van der Waals surface area (Å²) < 4.78 is 0. The summed E-state index contributed by atoms with van der Waals surface area (Å²) in [5.74, 6) is 0. The van der Waals surface area contributed by atoms with E-state index in [1.807, 2.05) is 0 Å². The Bertz CT molecular complexity index is 532. The van der Waals surface area contributed by atoms with Crippen molar-refractivity contribution in [2.24, 2.45) is 0 Å². The molecule has 0 N–H and O–H groups in total. The van der Waals surface area contributed by atoms with Gasteiger partial charge in [-0.3, -0.25) is 0 Å². The van der Waals surface area contributed by atoms with Gasteiger partial charge in [0, 0.05) is 0 Å². The van der Waals surface area contributed by atoms with E-state index in [0.29, 0.717) is 0 Å². The average molecular weight is 204 g/mol. The van der Waals surface area contributed by atoms with Gasteiger partial charge in [0.1, 0.15) is 58.7 Å². The van der Waals surface area contributed by atoms with E-state index in [9.17, 15) is 0 Å². The molecule has 0 bridgehead atoms. The minimum atomic E-state index is -0.609. The van der Waals surface area contributed by atoms with Crippen LogP contribution < -0.4 is 0 Å². The molecule has 70 valence electrons. The van der Waals surface area contributed by atoms with Crippen LogP contribution in [0.4, 0.5) is 0 Å². The first-order valence-corrected chi connectivity index (χ1v) is 3.59. The summed E-state index contributed by atoms with van der Waals surface area (Å²) in [5, 5.41) is 51.5. The number of hydrogen-bond donors (Lipinski definition) is 0. The third kappa shape index (κ3) is 2.22. The van der Waals surface area contributed by atoms with Crippen molar-refractivity contribution in [3.8, 4) is 36.4 Å². The molecule has 6 nitrogen and oxygen atoms in total. The summed E-state index contributed by atoms with van der Waals surface area (Å²) in [5.41, 5.74) is -2.35. The monoisotopic (exact) mass is 204 g/mol. The highest BCUT2D eigenvalue weighted by molar-refractivity contribution is 5.65. The molecular formula is C10N6. The highest BCUT2D eigenvalue weighted by Crippen LogP contribution is 2.16. The molecule has 16 heavy (non-hydrogen) atoms. The highest BCUT2D eigenvalue weighted by atomic mass is 14.4. The lowest BCUT2D eigenvalue weighted by Gasteiger charge is -1.94. The number of rotatable bonds is 1. The lowest BCUT2D eigenvalue weighted by Crippen LogP contribution is -1.93. The number of hydrogen-bond acceptors (Lipinski definition) is 6. The van der Waals surface area contributed by atoms with Crippen molar-refractivity contribution >= 4 is 0 Å². The third-order valence-corrected chi connectivity index (χ3v) is 1.42. The van der Waals surface area contributed by atoms with Crippen molar-refractivity contribution in [2.75, 3.05) is 0 Å². The van der Waals surface area contributed by atoms with Crippen LogP contribution >= 0.6 is 0 Å². The predicted octanol–water partition coefficient (Wildman–Crippen LogP) is 0.721. The average Bonchev–Trinajstić information content (AvgIpc) is 2.33. The van der Waals surface area contributed by atoms with Gasteiger partial charge in [0.05, 0.1) is 0 Å². The van der Waals surface area contributed by atoms with E-state index in [1.54, 1.807) is 0 Å². The van der Waals surface area contributed by atoms with Crippen LogP contribution in [0, 0.1) is 68.0 Å². The molecule has 6 heteroatoms. The van der Waals surface area contributed by atoms with Gasteiger partial charge in [-0.1, -0.05) is 0 Å². The van der Waals surface area contributed by atoms with Crippen LogP contribution in [0.3, 0.4) is 0 Å². The van der Waals surface area contributed by atoms with Crippen molar-refractivity contribution in [3.63, 3.8) is 0 Å². The molecule has 0 amide bonds. The molecule has 0 aliphatic rings. The summed E-state index contributed by atoms with van der Waals surface area (Å²) in [7, 11) is 0. The molecule has 0 aromatic heterocycles. The fourth-order valence-electron chi connectivity index (χ4n) is 0.747. The van der Waals surface area contributed by atoms with E-state index < -0.39 is 22.3 Å². The van der Waals surface area contributed by atoms with Gasteiger partial charge in [0.25, 0.3) is 0 Å². The Balaban J connectivity index is 6.31. The van der Waals surface area contributed by atoms with Gasteiger partial charge < -0.3 is 0 Å². The molecule has 0 unspecified atom stereocenters. The smallest absolute Gasteiger partial charge is 0.148 e. The first kappa shape index (κ1) is 12.4. The Morgan fingerprint density at radius 2 is 0.688 bits per heavy atom. The first-order chi connectivity index (χ1) is 7.69. The molecule has 0 spiro atoms. The molecule has 0 fully saturated rings. The zero-order valence-corrected chi connectivity index (χ0v) is 7.68. The Hall–Kier alpha value is -3.58. The summed E-state index contributed by atoms with van der Waals surface area (Å²) in [6, 6.07) is 8.56. The topological polar surface area (TPSA) is 143 Å². The van der Waals surface area contributed by atoms with Gasteiger partial charge in [0.2, 0.25) is 0 Å². The van der Waals surface area contributed by atoms with Crippen molar-refractivity contribution < 1.29 is 0 Å². The molecule has 0 saturated carbocycles. The summed E-state index contributed by atoms with van der Waals surface area (Å²) in [6.45, 7) is 0. The van der Waals surface area contributed by atoms with Crippen molar-refractivity contribution in [1.82, 2.24) is 0 Å². The van der Waals surface area contributed by atoms with Crippen molar-refractivity contribution in [3.05, 3.63) is 22.3 Å². The molecule has 0 saturated heterocycles. The van der Waals surface area contributed by atoms with E-state index in [2.05, 4.69) is 0 Å². The largest absolute Gasteiger partial charge is 0.192 e. The molecule has 0 aromatic rings. The Morgan fingerprint density at radius 3 is 0.812 bits per heavy atom. The van der Waals surface area contributed by atoms with Crippen LogP contribution in [0.25, 0.3) is 0 Å². The molecule has 0 aliphatic heterocycles. The lowest BCUT2D eigenvalue weighted by atomic mass is 9.99. The Labute approximate surface area is 91.0 Å². The predicted molar refractivity (Wildman–Crippen MR) is 47.7 cm³/mol. The van der Waals surface area contributed by atoms with Gasteiger partial charge in [0.15, 0.2) is 0 Å². The summed E-state index contributed by atoms with van der Waals surface area (Å²) in [6.07, 6.45) is 0. The van der Waals surface area contributed by atoms with Gasteiger partial charge in [-0.2, -0.15) is 31.6 Å². The standard InChI is InChI=1S/C10N6/c11-1-7(2-12)9(5-15)10(6-16)8(3-13)4-14. The summed E-state index contributed by atoms with van der Waals surface area (Å²) >= 11 is 0. The minimum absolute atomic E-state index is 0.564. The fourth-order valence-corrected chi connectivity index (χ4v) is 0.747. The molecule has 0 radical (unpaired) electrons. The quantitative estimate of drug-likeness (QED) is 0.454. The first-order valence-electron chi connectivity index (χ1n) is 3.59. The van der Waals surface area contributed by atoms with Gasteiger partial charge in [-0.05, 0) is 0 Å². The maximum Gasteiger partial charge on any atom is 0.148 e.